The molecule has 0 spiro atoms. The molecule has 1 fully saturated rings. The SMILES string of the molecule is Cc1cc(Nc2ncc3c(n2)N(c2cccc(NC(=O)/C=C/CN(C)C)c2)C(=O)N(Cc2ccccc2)CC3)ccc1N1CCN(C)CC1. The van der Waals surface area contributed by atoms with E-state index < -0.39 is 0 Å². The van der Waals surface area contributed by atoms with Crippen LogP contribution in [0.5, 0.6) is 0 Å². The number of rotatable bonds is 10. The van der Waals surface area contributed by atoms with E-state index in [4.69, 9.17) is 4.98 Å². The number of hydrogen-bond acceptors (Lipinski definition) is 8. The molecule has 4 aromatic rings. The highest BCUT2D eigenvalue weighted by molar-refractivity contribution is 6.02. The summed E-state index contributed by atoms with van der Waals surface area (Å²) in [5.74, 6) is 0.670. The standard InChI is InChI=1S/C38H45N9O2/c1-28-24-32(15-16-34(28)45-22-20-44(4)21-23-45)41-37-39-26-30-17-19-46(27-29-10-6-5-7-11-29)38(49)47(36(30)42-37)33-13-8-12-31(25-33)40-35(48)14-9-18-43(2)3/h5-16,24-26H,17-23,27H2,1-4H3,(H,40,48)(H,39,41,42)/b14-9+. The smallest absolute Gasteiger partial charge is 0.330 e. The van der Waals surface area contributed by atoms with Crippen molar-refractivity contribution in [3.63, 3.8) is 0 Å². The number of piperazine rings is 1. The van der Waals surface area contributed by atoms with Gasteiger partial charge in [0.25, 0.3) is 0 Å². The lowest BCUT2D eigenvalue weighted by atomic mass is 10.1. The van der Waals surface area contributed by atoms with Gasteiger partial charge in [0, 0.05) is 80.7 Å². The van der Waals surface area contributed by atoms with Gasteiger partial charge in [-0.15, -0.1) is 0 Å². The average Bonchev–Trinajstić information content (AvgIpc) is 3.21. The first-order valence-corrected chi connectivity index (χ1v) is 16.8. The van der Waals surface area contributed by atoms with Crippen LogP contribution in [-0.2, 0) is 17.8 Å². The number of fused-ring (bicyclic) bond motifs is 1. The average molecular weight is 660 g/mol. The number of likely N-dealkylation sites (N-methyl/N-ethyl adjacent to an activating group) is 2. The monoisotopic (exact) mass is 659 g/mol. The number of aromatic nitrogens is 2. The van der Waals surface area contributed by atoms with Crippen LogP contribution in [0.15, 0.2) is 91.1 Å². The van der Waals surface area contributed by atoms with E-state index in [9.17, 15) is 9.59 Å². The van der Waals surface area contributed by atoms with Crippen molar-refractivity contribution in [3.05, 3.63) is 108 Å². The Morgan fingerprint density at radius 1 is 0.939 bits per heavy atom. The molecule has 0 radical (unpaired) electrons. The molecule has 0 saturated carbocycles. The van der Waals surface area contributed by atoms with Crippen molar-refractivity contribution in [2.75, 3.05) is 80.8 Å². The number of amides is 3. The Kier molecular flexibility index (Phi) is 10.5. The van der Waals surface area contributed by atoms with Crippen molar-refractivity contribution < 1.29 is 9.59 Å². The topological polar surface area (TPSA) is 100 Å². The molecular weight excluding hydrogens is 614 g/mol. The molecule has 3 amide bonds. The van der Waals surface area contributed by atoms with Crippen LogP contribution in [-0.4, -0.2) is 97.0 Å². The second-order valence-corrected chi connectivity index (χ2v) is 12.9. The lowest BCUT2D eigenvalue weighted by molar-refractivity contribution is -0.111. The summed E-state index contributed by atoms with van der Waals surface area (Å²) in [6.07, 6.45) is 5.73. The summed E-state index contributed by atoms with van der Waals surface area (Å²) in [6.45, 7) is 7.83. The maximum atomic E-state index is 14.4. The van der Waals surface area contributed by atoms with Gasteiger partial charge in [-0.3, -0.25) is 4.79 Å². The van der Waals surface area contributed by atoms with E-state index in [0.717, 1.165) is 43.0 Å². The highest BCUT2D eigenvalue weighted by atomic mass is 16.2. The number of nitrogens with one attached hydrogen (secondary N) is 2. The quantitative estimate of drug-likeness (QED) is 0.211. The van der Waals surface area contributed by atoms with Crippen LogP contribution in [0, 0.1) is 6.92 Å². The fourth-order valence-electron chi connectivity index (χ4n) is 6.14. The predicted octanol–water partition coefficient (Wildman–Crippen LogP) is 5.65. The third kappa shape index (κ3) is 8.43. The molecule has 0 aliphatic carbocycles. The van der Waals surface area contributed by atoms with Crippen molar-refractivity contribution in [1.82, 2.24) is 24.7 Å². The third-order valence-corrected chi connectivity index (χ3v) is 8.79. The van der Waals surface area contributed by atoms with Crippen molar-refractivity contribution in [2.24, 2.45) is 0 Å². The Bertz CT molecular complexity index is 1800. The van der Waals surface area contributed by atoms with E-state index in [2.05, 4.69) is 57.6 Å². The summed E-state index contributed by atoms with van der Waals surface area (Å²) in [5, 5.41) is 6.32. The second kappa shape index (κ2) is 15.3. The minimum atomic E-state index is -0.241. The van der Waals surface area contributed by atoms with Crippen LogP contribution in [0.2, 0.25) is 0 Å². The molecule has 0 atom stereocenters. The lowest BCUT2D eigenvalue weighted by Crippen LogP contribution is -2.44. The van der Waals surface area contributed by atoms with Gasteiger partial charge >= 0.3 is 6.03 Å². The summed E-state index contributed by atoms with van der Waals surface area (Å²) in [6, 6.07) is 23.4. The first kappa shape index (κ1) is 33.6. The van der Waals surface area contributed by atoms with Crippen LogP contribution in [0.25, 0.3) is 0 Å². The van der Waals surface area contributed by atoms with E-state index in [1.54, 1.807) is 11.0 Å². The summed E-state index contributed by atoms with van der Waals surface area (Å²) >= 11 is 0. The molecule has 6 rings (SSSR count). The van der Waals surface area contributed by atoms with Crippen molar-refractivity contribution in [2.45, 2.75) is 19.9 Å². The number of carbonyl (C=O) groups is 2. The number of benzene rings is 3. The van der Waals surface area contributed by atoms with Crippen molar-refractivity contribution >= 4 is 46.5 Å². The third-order valence-electron chi connectivity index (χ3n) is 8.79. The largest absolute Gasteiger partial charge is 0.369 e. The van der Waals surface area contributed by atoms with E-state index in [-0.39, 0.29) is 11.9 Å². The Morgan fingerprint density at radius 3 is 2.49 bits per heavy atom. The first-order valence-electron chi connectivity index (χ1n) is 16.8. The molecule has 254 valence electrons. The molecule has 1 saturated heterocycles. The summed E-state index contributed by atoms with van der Waals surface area (Å²) in [7, 11) is 6.05. The van der Waals surface area contributed by atoms with Gasteiger partial charge in [-0.25, -0.2) is 14.7 Å². The van der Waals surface area contributed by atoms with E-state index in [0.29, 0.717) is 49.2 Å². The number of carbonyl (C=O) groups excluding carboxylic acids is 2. The molecule has 0 bridgehead atoms. The van der Waals surface area contributed by atoms with Crippen LogP contribution < -0.4 is 20.4 Å². The van der Waals surface area contributed by atoms with Gasteiger partial charge in [-0.2, -0.15) is 4.98 Å². The molecule has 3 aromatic carbocycles. The molecule has 11 nitrogen and oxygen atoms in total. The number of urea groups is 1. The zero-order valence-electron chi connectivity index (χ0n) is 28.8. The van der Waals surface area contributed by atoms with Gasteiger partial charge in [0.2, 0.25) is 11.9 Å². The van der Waals surface area contributed by atoms with E-state index in [1.165, 1.54) is 17.3 Å². The normalized spacial score (nSPS) is 15.4. The summed E-state index contributed by atoms with van der Waals surface area (Å²) in [5.41, 5.74) is 6.35. The van der Waals surface area contributed by atoms with Crippen molar-refractivity contribution in [1.29, 1.82) is 0 Å². The Hall–Kier alpha value is -5.26. The zero-order valence-corrected chi connectivity index (χ0v) is 28.8. The fourth-order valence-corrected chi connectivity index (χ4v) is 6.14. The Morgan fingerprint density at radius 2 is 1.73 bits per heavy atom. The van der Waals surface area contributed by atoms with Gasteiger partial charge < -0.3 is 30.2 Å². The van der Waals surface area contributed by atoms with Crippen LogP contribution >= 0.6 is 0 Å². The molecule has 2 aliphatic heterocycles. The van der Waals surface area contributed by atoms with E-state index in [1.807, 2.05) is 84.7 Å². The van der Waals surface area contributed by atoms with Crippen molar-refractivity contribution in [3.8, 4) is 0 Å². The molecule has 0 unspecified atom stereocenters. The summed E-state index contributed by atoms with van der Waals surface area (Å²) < 4.78 is 0. The number of anilines is 6. The molecule has 3 heterocycles. The number of hydrogen-bond donors (Lipinski definition) is 2. The Balaban J connectivity index is 1.30. The van der Waals surface area contributed by atoms with Gasteiger partial charge in [0.05, 0.1) is 5.69 Å². The first-order chi connectivity index (χ1) is 23.7. The second-order valence-electron chi connectivity index (χ2n) is 12.9. The number of aryl methyl sites for hydroxylation is 1. The predicted molar refractivity (Wildman–Crippen MR) is 197 cm³/mol. The lowest BCUT2D eigenvalue weighted by Gasteiger charge is -2.35. The molecule has 49 heavy (non-hydrogen) atoms. The van der Waals surface area contributed by atoms with Crippen LogP contribution in [0.1, 0.15) is 16.7 Å². The minimum Gasteiger partial charge on any atom is -0.369 e. The van der Waals surface area contributed by atoms with Gasteiger partial charge in [-0.05, 0) is 82.0 Å². The fraction of sp³-hybridized carbons (Fsp3) is 0.316. The zero-order chi connectivity index (χ0) is 34.3. The summed E-state index contributed by atoms with van der Waals surface area (Å²) in [4.78, 5) is 47.0. The highest BCUT2D eigenvalue weighted by Gasteiger charge is 2.31. The highest BCUT2D eigenvalue weighted by Crippen LogP contribution is 2.34. The molecule has 11 heteroatoms. The van der Waals surface area contributed by atoms with Crippen LogP contribution in [0.4, 0.5) is 39.3 Å². The van der Waals surface area contributed by atoms with Gasteiger partial charge in [0.15, 0.2) is 0 Å². The minimum absolute atomic E-state index is 0.200. The van der Waals surface area contributed by atoms with E-state index >= 15 is 0 Å². The van der Waals surface area contributed by atoms with Gasteiger partial charge in [0.1, 0.15) is 5.82 Å². The number of nitrogens with zero attached hydrogens (tertiary/aromatic N) is 7. The molecule has 2 N–H and O–H groups in total. The molecule has 2 aliphatic rings. The van der Waals surface area contributed by atoms with Gasteiger partial charge in [-0.1, -0.05) is 42.5 Å². The maximum absolute atomic E-state index is 14.4. The van der Waals surface area contributed by atoms with Crippen LogP contribution in [0.3, 0.4) is 0 Å². The Labute approximate surface area is 288 Å². The maximum Gasteiger partial charge on any atom is 0.330 e. The molecular formula is C38H45N9O2. The molecule has 1 aromatic heterocycles.